The highest BCUT2D eigenvalue weighted by Gasteiger charge is 2.36. The standard InChI is InChI=1S/C15H17NO2S2/c17-12-7-11(8-12)15(13-2-1-4-20-13)16-14(18)6-10-3-5-19-9-10/h1-5,9,11-12,15,17H,6-8H2,(H,16,18)/t11?,12?,15-/m1/s1. The van der Waals surface area contributed by atoms with E-state index in [0.29, 0.717) is 12.3 Å². The van der Waals surface area contributed by atoms with Crippen LogP contribution >= 0.6 is 22.7 Å². The fourth-order valence-electron chi connectivity index (χ4n) is 2.59. The van der Waals surface area contributed by atoms with E-state index < -0.39 is 0 Å². The molecular formula is C15H17NO2S2. The summed E-state index contributed by atoms with van der Waals surface area (Å²) in [5.74, 6) is 0.415. The third-order valence-corrected chi connectivity index (χ3v) is 5.42. The highest BCUT2D eigenvalue weighted by atomic mass is 32.1. The van der Waals surface area contributed by atoms with E-state index in [2.05, 4.69) is 11.4 Å². The van der Waals surface area contributed by atoms with Crippen LogP contribution in [0.1, 0.15) is 29.3 Å². The lowest BCUT2D eigenvalue weighted by molar-refractivity contribution is -0.122. The van der Waals surface area contributed by atoms with Crippen LogP contribution in [0, 0.1) is 5.92 Å². The highest BCUT2D eigenvalue weighted by Crippen LogP contribution is 2.39. The minimum atomic E-state index is -0.198. The zero-order valence-corrected chi connectivity index (χ0v) is 12.6. The van der Waals surface area contributed by atoms with E-state index in [0.717, 1.165) is 18.4 Å². The minimum absolute atomic E-state index is 0.0459. The van der Waals surface area contributed by atoms with E-state index in [1.165, 1.54) is 4.88 Å². The predicted octanol–water partition coefficient (Wildman–Crippen LogP) is 2.98. The van der Waals surface area contributed by atoms with Crippen molar-refractivity contribution in [3.05, 3.63) is 44.8 Å². The van der Waals surface area contributed by atoms with Crippen molar-refractivity contribution in [1.29, 1.82) is 0 Å². The molecule has 0 aromatic carbocycles. The summed E-state index contributed by atoms with van der Waals surface area (Å²) < 4.78 is 0. The molecule has 1 atom stereocenters. The summed E-state index contributed by atoms with van der Waals surface area (Å²) >= 11 is 3.27. The molecule has 3 nitrogen and oxygen atoms in total. The summed E-state index contributed by atoms with van der Waals surface area (Å²) in [5, 5.41) is 18.7. The maximum absolute atomic E-state index is 12.2. The molecule has 2 aromatic rings. The molecule has 2 aromatic heterocycles. The normalized spacial score (nSPS) is 23.1. The summed E-state index contributed by atoms with van der Waals surface area (Å²) in [4.78, 5) is 13.4. The van der Waals surface area contributed by atoms with Crippen LogP contribution in [0.5, 0.6) is 0 Å². The Bertz CT molecular complexity index is 544. The lowest BCUT2D eigenvalue weighted by Crippen LogP contribution is -2.41. The van der Waals surface area contributed by atoms with Crippen LogP contribution in [-0.2, 0) is 11.2 Å². The van der Waals surface area contributed by atoms with Crippen LogP contribution in [0.2, 0.25) is 0 Å². The molecule has 1 fully saturated rings. The molecule has 0 saturated heterocycles. The topological polar surface area (TPSA) is 49.3 Å². The molecule has 5 heteroatoms. The number of hydrogen-bond donors (Lipinski definition) is 2. The second kappa shape index (κ2) is 6.08. The fraction of sp³-hybridized carbons (Fsp3) is 0.400. The van der Waals surface area contributed by atoms with Gasteiger partial charge in [-0.1, -0.05) is 6.07 Å². The van der Waals surface area contributed by atoms with Gasteiger partial charge in [-0.15, -0.1) is 11.3 Å². The summed E-state index contributed by atoms with van der Waals surface area (Å²) in [5.41, 5.74) is 1.06. The molecule has 1 amide bonds. The smallest absolute Gasteiger partial charge is 0.224 e. The summed E-state index contributed by atoms with van der Waals surface area (Å²) in [6, 6.07) is 6.10. The molecule has 0 spiro atoms. The number of carbonyl (C=O) groups is 1. The average Bonchev–Trinajstić information content (AvgIpc) is 3.05. The van der Waals surface area contributed by atoms with Gasteiger partial charge in [-0.3, -0.25) is 4.79 Å². The number of rotatable bonds is 5. The van der Waals surface area contributed by atoms with E-state index in [9.17, 15) is 9.90 Å². The molecule has 0 unspecified atom stereocenters. The van der Waals surface area contributed by atoms with Gasteiger partial charge in [0.05, 0.1) is 18.6 Å². The first-order chi connectivity index (χ1) is 9.72. The van der Waals surface area contributed by atoms with Crippen LogP contribution in [0.25, 0.3) is 0 Å². The first kappa shape index (κ1) is 13.8. The molecule has 1 saturated carbocycles. The van der Waals surface area contributed by atoms with Gasteiger partial charge in [-0.05, 0) is 52.6 Å². The Morgan fingerprint density at radius 2 is 2.25 bits per heavy atom. The van der Waals surface area contributed by atoms with Gasteiger partial charge in [0, 0.05) is 4.88 Å². The fourth-order valence-corrected chi connectivity index (χ4v) is 4.13. The lowest BCUT2D eigenvalue weighted by Gasteiger charge is -2.37. The summed E-state index contributed by atoms with van der Waals surface area (Å²) in [7, 11) is 0. The Morgan fingerprint density at radius 3 is 2.85 bits per heavy atom. The summed E-state index contributed by atoms with van der Waals surface area (Å²) in [6.07, 6.45) is 1.79. The van der Waals surface area contributed by atoms with Crippen molar-refractivity contribution >= 4 is 28.6 Å². The largest absolute Gasteiger partial charge is 0.393 e. The van der Waals surface area contributed by atoms with E-state index in [4.69, 9.17) is 0 Å². The van der Waals surface area contributed by atoms with Gasteiger partial charge in [0.15, 0.2) is 0 Å². The Kier molecular flexibility index (Phi) is 4.19. The van der Waals surface area contributed by atoms with Crippen LogP contribution in [0.3, 0.4) is 0 Å². The van der Waals surface area contributed by atoms with Gasteiger partial charge >= 0.3 is 0 Å². The monoisotopic (exact) mass is 307 g/mol. The molecule has 20 heavy (non-hydrogen) atoms. The summed E-state index contributed by atoms with van der Waals surface area (Å²) in [6.45, 7) is 0. The van der Waals surface area contributed by atoms with E-state index in [-0.39, 0.29) is 18.1 Å². The zero-order valence-electron chi connectivity index (χ0n) is 11.0. The van der Waals surface area contributed by atoms with Crippen molar-refractivity contribution in [2.24, 2.45) is 5.92 Å². The molecule has 1 aliphatic rings. The van der Waals surface area contributed by atoms with E-state index in [1.807, 2.05) is 28.3 Å². The number of hydrogen-bond acceptors (Lipinski definition) is 4. The molecular weight excluding hydrogens is 290 g/mol. The van der Waals surface area contributed by atoms with Gasteiger partial charge in [-0.2, -0.15) is 11.3 Å². The van der Waals surface area contributed by atoms with Gasteiger partial charge in [0.1, 0.15) is 0 Å². The van der Waals surface area contributed by atoms with Crippen LogP contribution < -0.4 is 5.32 Å². The van der Waals surface area contributed by atoms with Crippen molar-refractivity contribution in [2.75, 3.05) is 0 Å². The Labute approximate surface area is 126 Å². The number of aliphatic hydroxyl groups excluding tert-OH is 1. The first-order valence-electron chi connectivity index (χ1n) is 6.74. The maximum atomic E-state index is 12.2. The van der Waals surface area contributed by atoms with Crippen molar-refractivity contribution < 1.29 is 9.90 Å². The molecule has 0 aliphatic heterocycles. The molecule has 1 aliphatic carbocycles. The average molecular weight is 307 g/mol. The van der Waals surface area contributed by atoms with Crippen molar-refractivity contribution in [2.45, 2.75) is 31.4 Å². The molecule has 3 rings (SSSR count). The van der Waals surface area contributed by atoms with E-state index >= 15 is 0 Å². The molecule has 2 heterocycles. The lowest BCUT2D eigenvalue weighted by atomic mass is 9.76. The Balaban J connectivity index is 1.65. The third-order valence-electron chi connectivity index (χ3n) is 3.73. The highest BCUT2D eigenvalue weighted by molar-refractivity contribution is 7.10. The van der Waals surface area contributed by atoms with Gasteiger partial charge in [0.25, 0.3) is 0 Å². The molecule has 0 bridgehead atoms. The van der Waals surface area contributed by atoms with Gasteiger partial charge < -0.3 is 10.4 Å². The van der Waals surface area contributed by atoms with Crippen molar-refractivity contribution in [1.82, 2.24) is 5.32 Å². The Hall–Kier alpha value is -1.17. The quantitative estimate of drug-likeness (QED) is 0.892. The molecule has 0 radical (unpaired) electrons. The number of nitrogens with one attached hydrogen (secondary N) is 1. The third kappa shape index (κ3) is 3.11. The number of thiophene rings is 2. The second-order valence-electron chi connectivity index (χ2n) is 5.25. The molecule has 2 N–H and O–H groups in total. The van der Waals surface area contributed by atoms with Gasteiger partial charge in [0.2, 0.25) is 5.91 Å². The van der Waals surface area contributed by atoms with Crippen molar-refractivity contribution in [3.63, 3.8) is 0 Å². The van der Waals surface area contributed by atoms with Gasteiger partial charge in [-0.25, -0.2) is 0 Å². The maximum Gasteiger partial charge on any atom is 0.224 e. The first-order valence-corrected chi connectivity index (χ1v) is 8.56. The van der Waals surface area contributed by atoms with Crippen molar-refractivity contribution in [3.8, 4) is 0 Å². The Morgan fingerprint density at radius 1 is 1.40 bits per heavy atom. The SMILES string of the molecule is O=C(Cc1ccsc1)N[C@@H](c1cccs1)C1CC(O)C1. The van der Waals surface area contributed by atoms with Crippen LogP contribution in [-0.4, -0.2) is 17.1 Å². The second-order valence-corrected chi connectivity index (χ2v) is 7.01. The zero-order chi connectivity index (χ0) is 13.9. The minimum Gasteiger partial charge on any atom is -0.393 e. The van der Waals surface area contributed by atoms with E-state index in [1.54, 1.807) is 22.7 Å². The number of carbonyl (C=O) groups excluding carboxylic acids is 1. The van der Waals surface area contributed by atoms with Crippen LogP contribution in [0.4, 0.5) is 0 Å². The molecule has 106 valence electrons. The number of aliphatic hydroxyl groups is 1. The number of amides is 1. The van der Waals surface area contributed by atoms with Crippen LogP contribution in [0.15, 0.2) is 34.3 Å². The predicted molar refractivity (Wildman–Crippen MR) is 82.0 cm³/mol.